The van der Waals surface area contributed by atoms with Crippen LogP contribution in [0.5, 0.6) is 0 Å². The van der Waals surface area contributed by atoms with E-state index in [0.29, 0.717) is 24.8 Å². The highest BCUT2D eigenvalue weighted by molar-refractivity contribution is 7.78. The zero-order chi connectivity index (χ0) is 17.0. The maximum Gasteiger partial charge on any atom is 0.330 e. The van der Waals surface area contributed by atoms with Crippen molar-refractivity contribution in [1.82, 2.24) is 15.0 Å². The minimum atomic E-state index is -1.93. The lowest BCUT2D eigenvalue weighted by atomic mass is 9.92. The number of rotatable bonds is 4. The minimum absolute atomic E-state index is 0.0541. The second-order valence-corrected chi connectivity index (χ2v) is 7.66. The molecule has 0 aliphatic carbocycles. The number of hydrogen-bond donors (Lipinski definition) is 1. The molecule has 1 unspecified atom stereocenters. The van der Waals surface area contributed by atoms with Gasteiger partial charge in [0.15, 0.2) is 11.1 Å². The van der Waals surface area contributed by atoms with E-state index in [0.717, 1.165) is 18.4 Å². The number of hydrogen-bond acceptors (Lipinski definition) is 6. The zero-order valence-corrected chi connectivity index (χ0v) is 14.5. The summed E-state index contributed by atoms with van der Waals surface area (Å²) in [5.41, 5.74) is 0.507. The van der Waals surface area contributed by atoms with E-state index in [1.807, 2.05) is 20.8 Å². The fraction of sp³-hybridized carbons (Fsp3) is 0.667. The minimum Gasteiger partial charge on any atom is -0.367 e. The van der Waals surface area contributed by atoms with Crippen molar-refractivity contribution in [2.45, 2.75) is 45.3 Å². The number of aromatic nitrogens is 2. The summed E-state index contributed by atoms with van der Waals surface area (Å²) in [5.74, 6) is 0.404. The average molecular weight is 341 g/mol. The second-order valence-electron chi connectivity index (χ2n) is 6.73. The van der Waals surface area contributed by atoms with E-state index in [1.54, 1.807) is 17.5 Å². The molecule has 1 fully saturated rings. The Morgan fingerprint density at radius 3 is 2.39 bits per heavy atom. The van der Waals surface area contributed by atoms with Gasteiger partial charge < -0.3 is 9.39 Å². The van der Waals surface area contributed by atoms with Crippen LogP contribution in [0.4, 0.5) is 0 Å². The summed E-state index contributed by atoms with van der Waals surface area (Å²) in [6.45, 7) is 6.85. The highest BCUT2D eigenvalue weighted by Crippen LogP contribution is 2.28. The van der Waals surface area contributed by atoms with Crippen LogP contribution >= 0.6 is 0 Å². The van der Waals surface area contributed by atoms with Gasteiger partial charge in [0.2, 0.25) is 0 Å². The maximum absolute atomic E-state index is 11.9. The predicted octanol–water partition coefficient (Wildman–Crippen LogP) is 1.88. The van der Waals surface area contributed by atoms with E-state index in [-0.39, 0.29) is 11.7 Å². The molecule has 1 aromatic heterocycles. The van der Waals surface area contributed by atoms with E-state index in [2.05, 4.69) is 9.97 Å². The van der Waals surface area contributed by atoms with Crippen LogP contribution in [0.25, 0.3) is 0 Å². The van der Waals surface area contributed by atoms with Crippen LogP contribution in [0.2, 0.25) is 0 Å². The van der Waals surface area contributed by atoms with Crippen LogP contribution in [-0.2, 0) is 26.5 Å². The first-order chi connectivity index (χ1) is 10.8. The Hall–Kier alpha value is -1.38. The summed E-state index contributed by atoms with van der Waals surface area (Å²) in [7, 11) is 0. The van der Waals surface area contributed by atoms with Crippen LogP contribution < -0.4 is 0 Å². The Morgan fingerprint density at radius 2 is 1.91 bits per heavy atom. The largest absolute Gasteiger partial charge is 0.367 e. The summed E-state index contributed by atoms with van der Waals surface area (Å²) in [4.78, 5) is 25.5. The van der Waals surface area contributed by atoms with Crippen molar-refractivity contribution in [3.05, 3.63) is 23.8 Å². The standard InChI is InChI=1S/C15H23N3O4S/c1-15(2,3)14(19)22-18-6-4-11(5-7-18)12-8-16-13(17-9-12)10-23(20)21/h8-9,11H,4-7,10H2,1-3H3,(H,20,21). The molecule has 23 heavy (non-hydrogen) atoms. The van der Waals surface area contributed by atoms with Crippen LogP contribution in [0.15, 0.2) is 12.4 Å². The first kappa shape index (κ1) is 18.0. The van der Waals surface area contributed by atoms with Gasteiger partial charge in [0.1, 0.15) is 11.6 Å². The van der Waals surface area contributed by atoms with Gasteiger partial charge in [-0.1, -0.05) is 0 Å². The third-order valence-corrected chi connectivity index (χ3v) is 4.23. The summed E-state index contributed by atoms with van der Waals surface area (Å²) in [5, 5.41) is 1.72. The van der Waals surface area contributed by atoms with Crippen molar-refractivity contribution in [3.63, 3.8) is 0 Å². The van der Waals surface area contributed by atoms with Gasteiger partial charge in [-0.2, -0.15) is 0 Å². The van der Waals surface area contributed by atoms with Gasteiger partial charge >= 0.3 is 5.97 Å². The van der Waals surface area contributed by atoms with Gasteiger partial charge in [-0.3, -0.25) is 0 Å². The summed E-state index contributed by atoms with van der Waals surface area (Å²) >= 11 is -1.93. The molecule has 1 aliphatic heterocycles. The number of carbonyl (C=O) groups is 1. The van der Waals surface area contributed by atoms with Crippen molar-refractivity contribution in [2.75, 3.05) is 13.1 Å². The highest BCUT2D eigenvalue weighted by atomic mass is 32.2. The van der Waals surface area contributed by atoms with E-state index in [4.69, 9.17) is 9.39 Å². The number of nitrogens with zero attached hydrogens (tertiary/aromatic N) is 3. The molecule has 0 aromatic carbocycles. The zero-order valence-electron chi connectivity index (χ0n) is 13.7. The van der Waals surface area contributed by atoms with E-state index < -0.39 is 16.5 Å². The fourth-order valence-corrected chi connectivity index (χ4v) is 2.67. The Kier molecular flexibility index (Phi) is 5.83. The van der Waals surface area contributed by atoms with Crippen LogP contribution in [0.3, 0.4) is 0 Å². The Bertz CT molecular complexity index is 563. The molecule has 7 nitrogen and oxygen atoms in total. The van der Waals surface area contributed by atoms with E-state index >= 15 is 0 Å². The molecule has 1 saturated heterocycles. The van der Waals surface area contributed by atoms with Gasteiger partial charge in [0, 0.05) is 25.5 Å². The average Bonchev–Trinajstić information content (AvgIpc) is 2.47. The molecule has 0 saturated carbocycles. The topological polar surface area (TPSA) is 92.6 Å². The Labute approximate surface area is 138 Å². The van der Waals surface area contributed by atoms with Gasteiger partial charge in [0.25, 0.3) is 0 Å². The third-order valence-electron chi connectivity index (χ3n) is 3.73. The quantitative estimate of drug-likeness (QED) is 0.836. The molecule has 2 heterocycles. The SMILES string of the molecule is CC(C)(C)C(=O)ON1CCC(c2cnc(CS(=O)O)nc2)CC1. The summed E-state index contributed by atoms with van der Waals surface area (Å²) in [6, 6.07) is 0. The van der Waals surface area contributed by atoms with Gasteiger partial charge in [-0.15, -0.1) is 5.06 Å². The summed E-state index contributed by atoms with van der Waals surface area (Å²) < 4.78 is 19.6. The second kappa shape index (κ2) is 7.46. The molecule has 0 bridgehead atoms. The molecular formula is C15H23N3O4S. The molecule has 2 rings (SSSR count). The number of piperidine rings is 1. The van der Waals surface area contributed by atoms with Crippen molar-refractivity contribution >= 4 is 17.0 Å². The number of carbonyl (C=O) groups excluding carboxylic acids is 1. The van der Waals surface area contributed by atoms with Gasteiger partial charge in [0.05, 0.1) is 5.41 Å². The summed E-state index contributed by atoms with van der Waals surface area (Å²) in [6.07, 6.45) is 5.14. The van der Waals surface area contributed by atoms with Crippen molar-refractivity contribution < 1.29 is 18.4 Å². The van der Waals surface area contributed by atoms with Gasteiger partial charge in [-0.05, 0) is 45.1 Å². The lowest BCUT2D eigenvalue weighted by Crippen LogP contribution is -2.38. The molecule has 0 spiro atoms. The Morgan fingerprint density at radius 1 is 1.35 bits per heavy atom. The first-order valence-corrected chi connectivity index (χ1v) is 8.89. The normalized spacial score (nSPS) is 18.6. The molecule has 1 atom stereocenters. The fourth-order valence-electron chi connectivity index (χ4n) is 2.30. The molecule has 0 radical (unpaired) electrons. The molecule has 8 heteroatoms. The highest BCUT2D eigenvalue weighted by Gasteiger charge is 2.28. The third kappa shape index (κ3) is 5.33. The monoisotopic (exact) mass is 341 g/mol. The molecular weight excluding hydrogens is 318 g/mol. The predicted molar refractivity (Wildman–Crippen MR) is 85.6 cm³/mol. The van der Waals surface area contributed by atoms with Crippen molar-refractivity contribution in [3.8, 4) is 0 Å². The van der Waals surface area contributed by atoms with Gasteiger partial charge in [-0.25, -0.2) is 19.0 Å². The van der Waals surface area contributed by atoms with Crippen molar-refractivity contribution in [1.29, 1.82) is 0 Å². The maximum atomic E-state index is 11.9. The van der Waals surface area contributed by atoms with Crippen LogP contribution in [0, 0.1) is 5.41 Å². The first-order valence-electron chi connectivity index (χ1n) is 7.61. The van der Waals surface area contributed by atoms with E-state index in [1.165, 1.54) is 0 Å². The van der Waals surface area contributed by atoms with E-state index in [9.17, 15) is 9.00 Å². The Balaban J connectivity index is 1.87. The molecule has 1 aliphatic rings. The van der Waals surface area contributed by atoms with Crippen molar-refractivity contribution in [2.24, 2.45) is 5.41 Å². The number of hydroxylamine groups is 2. The molecule has 1 N–H and O–H groups in total. The van der Waals surface area contributed by atoms with Crippen LogP contribution in [0.1, 0.15) is 50.9 Å². The molecule has 0 amide bonds. The lowest BCUT2D eigenvalue weighted by Gasteiger charge is -2.32. The molecule has 128 valence electrons. The molecule has 1 aromatic rings. The smallest absolute Gasteiger partial charge is 0.330 e. The lowest BCUT2D eigenvalue weighted by molar-refractivity contribution is -0.204. The van der Waals surface area contributed by atoms with Crippen LogP contribution in [-0.4, -0.2) is 42.9 Å².